The van der Waals surface area contributed by atoms with Crippen LogP contribution in [0, 0.1) is 3.57 Å². The highest BCUT2D eigenvalue weighted by Crippen LogP contribution is 2.37. The SMILES string of the molecule is CNc1ncnc2c1nc(Sc1cc3c(cc1I)CCC3)n2CCCCCS(N)(=O)=O. The molecule has 0 spiro atoms. The quantitative estimate of drug-likeness (QED) is 0.298. The highest BCUT2D eigenvalue weighted by Gasteiger charge is 2.19. The van der Waals surface area contributed by atoms with E-state index in [0.29, 0.717) is 18.8 Å². The lowest BCUT2D eigenvalue weighted by atomic mass is 10.1. The first-order valence-corrected chi connectivity index (χ1v) is 13.9. The molecule has 166 valence electrons. The number of hydrogen-bond donors (Lipinski definition) is 2. The number of rotatable bonds is 9. The number of imidazole rings is 1. The topological polar surface area (TPSA) is 116 Å². The van der Waals surface area contributed by atoms with Gasteiger partial charge in [0.1, 0.15) is 6.33 Å². The maximum Gasteiger partial charge on any atom is 0.209 e. The van der Waals surface area contributed by atoms with Gasteiger partial charge in [0, 0.05) is 22.1 Å². The molecule has 3 N–H and O–H groups in total. The fourth-order valence-corrected chi connectivity index (χ4v) is 6.32. The molecule has 0 fully saturated rings. The summed E-state index contributed by atoms with van der Waals surface area (Å²) in [5.41, 5.74) is 4.42. The van der Waals surface area contributed by atoms with E-state index in [-0.39, 0.29) is 5.75 Å². The molecule has 0 atom stereocenters. The van der Waals surface area contributed by atoms with Crippen molar-refractivity contribution in [2.45, 2.75) is 55.1 Å². The summed E-state index contributed by atoms with van der Waals surface area (Å²) in [7, 11) is -1.59. The highest BCUT2D eigenvalue weighted by atomic mass is 127. The van der Waals surface area contributed by atoms with E-state index in [1.54, 1.807) is 18.1 Å². The van der Waals surface area contributed by atoms with E-state index in [2.05, 4.69) is 54.6 Å². The molecule has 31 heavy (non-hydrogen) atoms. The van der Waals surface area contributed by atoms with E-state index in [1.807, 2.05) is 7.05 Å². The fraction of sp³-hybridized carbons (Fsp3) is 0.450. The van der Waals surface area contributed by atoms with Crippen LogP contribution in [0.5, 0.6) is 0 Å². The predicted octanol–water partition coefficient (Wildman–Crippen LogP) is 3.57. The number of nitrogens with one attached hydrogen (secondary N) is 1. The number of nitrogens with two attached hydrogens (primary N) is 1. The molecular formula is C20H25IN6O2S2. The van der Waals surface area contributed by atoms with Crippen LogP contribution < -0.4 is 10.5 Å². The third-order valence-electron chi connectivity index (χ3n) is 5.39. The number of anilines is 1. The lowest BCUT2D eigenvalue weighted by Gasteiger charge is -2.11. The van der Waals surface area contributed by atoms with Crippen LogP contribution in [-0.4, -0.2) is 40.7 Å². The standard InChI is InChI=1S/C20H25IN6O2S2/c1-23-18-17-19(25-12-24-18)27(8-3-2-4-9-31(22,28)29)20(26-17)30-16-11-14-7-5-6-13(14)10-15(16)21/h10-12H,2-9H2,1H3,(H2,22,28,29)(H,23,24,25). The smallest absolute Gasteiger partial charge is 0.209 e. The number of aromatic nitrogens is 4. The number of aryl methyl sites for hydroxylation is 3. The maximum absolute atomic E-state index is 11.2. The van der Waals surface area contributed by atoms with Gasteiger partial charge in [0.25, 0.3) is 0 Å². The minimum Gasteiger partial charge on any atom is -0.371 e. The first-order valence-electron chi connectivity index (χ1n) is 10.2. The number of nitrogens with zero attached hydrogens (tertiary/aromatic N) is 4. The Balaban J connectivity index is 1.62. The summed E-state index contributed by atoms with van der Waals surface area (Å²) in [6.07, 6.45) is 7.19. The average Bonchev–Trinajstić information content (AvgIpc) is 3.31. The van der Waals surface area contributed by atoms with Crippen molar-refractivity contribution in [3.8, 4) is 0 Å². The summed E-state index contributed by atoms with van der Waals surface area (Å²) in [6.45, 7) is 0.700. The Morgan fingerprint density at radius 3 is 2.71 bits per heavy atom. The Hall–Kier alpha value is -1.44. The number of benzene rings is 1. The lowest BCUT2D eigenvalue weighted by molar-refractivity contribution is 0.565. The third kappa shape index (κ3) is 5.32. The van der Waals surface area contributed by atoms with Gasteiger partial charge in [-0.1, -0.05) is 18.2 Å². The molecule has 0 amide bonds. The van der Waals surface area contributed by atoms with E-state index in [4.69, 9.17) is 10.1 Å². The molecule has 3 aromatic rings. The van der Waals surface area contributed by atoms with Gasteiger partial charge in [-0.05, 0) is 78.0 Å². The van der Waals surface area contributed by atoms with Gasteiger partial charge in [-0.3, -0.25) is 0 Å². The van der Waals surface area contributed by atoms with Crippen LogP contribution >= 0.6 is 34.4 Å². The summed E-state index contributed by atoms with van der Waals surface area (Å²) in [5.74, 6) is 0.710. The van der Waals surface area contributed by atoms with Gasteiger partial charge in [-0.15, -0.1) is 0 Å². The molecule has 0 unspecified atom stereocenters. The molecule has 0 saturated carbocycles. The zero-order chi connectivity index (χ0) is 22.0. The molecule has 1 aliphatic rings. The molecule has 11 heteroatoms. The van der Waals surface area contributed by atoms with E-state index >= 15 is 0 Å². The van der Waals surface area contributed by atoms with Crippen molar-refractivity contribution in [2.24, 2.45) is 5.14 Å². The van der Waals surface area contributed by atoms with Gasteiger partial charge in [0.05, 0.1) is 5.75 Å². The number of fused-ring (bicyclic) bond motifs is 2. The number of sulfonamides is 1. The van der Waals surface area contributed by atoms with Gasteiger partial charge in [0.2, 0.25) is 10.0 Å². The highest BCUT2D eigenvalue weighted by molar-refractivity contribution is 14.1. The number of halogens is 1. The van der Waals surface area contributed by atoms with Crippen LogP contribution in [0.25, 0.3) is 11.2 Å². The fourth-order valence-electron chi connectivity index (χ4n) is 3.88. The van der Waals surface area contributed by atoms with Crippen molar-refractivity contribution in [1.29, 1.82) is 0 Å². The molecule has 0 bridgehead atoms. The third-order valence-corrected chi connectivity index (χ3v) is 8.56. The van der Waals surface area contributed by atoms with E-state index in [1.165, 1.54) is 26.0 Å². The Morgan fingerprint density at radius 1 is 1.19 bits per heavy atom. The Labute approximate surface area is 200 Å². The second-order valence-corrected chi connectivity index (χ2v) is 11.5. The number of unbranched alkanes of at least 4 members (excludes halogenated alkanes) is 2. The first-order chi connectivity index (χ1) is 14.9. The van der Waals surface area contributed by atoms with Crippen molar-refractivity contribution in [3.05, 3.63) is 33.2 Å². The first kappa shape index (κ1) is 22.7. The van der Waals surface area contributed by atoms with Gasteiger partial charge < -0.3 is 9.88 Å². The van der Waals surface area contributed by atoms with Crippen LogP contribution in [0.1, 0.15) is 36.8 Å². The van der Waals surface area contributed by atoms with Crippen molar-refractivity contribution in [3.63, 3.8) is 0 Å². The van der Waals surface area contributed by atoms with Crippen LogP contribution in [0.2, 0.25) is 0 Å². The Bertz CT molecular complexity index is 1210. The second kappa shape index (κ2) is 9.59. The van der Waals surface area contributed by atoms with Crippen molar-refractivity contribution < 1.29 is 8.42 Å². The average molecular weight is 572 g/mol. The van der Waals surface area contributed by atoms with Crippen molar-refractivity contribution in [1.82, 2.24) is 19.5 Å². The Kier molecular flexibility index (Phi) is 7.04. The van der Waals surface area contributed by atoms with Crippen LogP contribution in [-0.2, 0) is 29.4 Å². The molecule has 1 aromatic carbocycles. The zero-order valence-electron chi connectivity index (χ0n) is 17.3. The van der Waals surface area contributed by atoms with Gasteiger partial charge in [0.15, 0.2) is 22.1 Å². The van der Waals surface area contributed by atoms with Crippen LogP contribution in [0.3, 0.4) is 0 Å². The molecule has 2 aromatic heterocycles. The molecule has 1 aliphatic carbocycles. The Morgan fingerprint density at radius 2 is 1.97 bits per heavy atom. The van der Waals surface area contributed by atoms with E-state index in [0.717, 1.165) is 42.0 Å². The summed E-state index contributed by atoms with van der Waals surface area (Å²) in [5, 5.41) is 9.07. The normalized spacial score (nSPS) is 13.6. The van der Waals surface area contributed by atoms with Crippen LogP contribution in [0.4, 0.5) is 5.82 Å². The second-order valence-electron chi connectivity index (χ2n) is 7.63. The molecule has 0 aliphatic heterocycles. The van der Waals surface area contributed by atoms with Gasteiger partial charge >= 0.3 is 0 Å². The maximum atomic E-state index is 11.2. The summed E-state index contributed by atoms with van der Waals surface area (Å²) in [4.78, 5) is 14.9. The monoisotopic (exact) mass is 572 g/mol. The molecular weight excluding hydrogens is 547 g/mol. The number of primary sulfonamides is 1. The number of hydrogen-bond acceptors (Lipinski definition) is 7. The molecule has 2 heterocycles. The minimum absolute atomic E-state index is 0.0126. The summed E-state index contributed by atoms with van der Waals surface area (Å²) >= 11 is 4.06. The summed E-state index contributed by atoms with van der Waals surface area (Å²) < 4.78 is 25.7. The van der Waals surface area contributed by atoms with Crippen molar-refractivity contribution >= 4 is 61.4 Å². The largest absolute Gasteiger partial charge is 0.371 e. The molecule has 8 nitrogen and oxygen atoms in total. The molecule has 0 radical (unpaired) electrons. The zero-order valence-corrected chi connectivity index (χ0v) is 21.1. The molecule has 0 saturated heterocycles. The predicted molar refractivity (Wildman–Crippen MR) is 132 cm³/mol. The minimum atomic E-state index is -3.41. The van der Waals surface area contributed by atoms with Gasteiger partial charge in [-0.25, -0.2) is 28.5 Å². The van der Waals surface area contributed by atoms with E-state index < -0.39 is 10.0 Å². The van der Waals surface area contributed by atoms with E-state index in [9.17, 15) is 8.42 Å². The summed E-state index contributed by atoms with van der Waals surface area (Å²) in [6, 6.07) is 4.60. The lowest BCUT2D eigenvalue weighted by Crippen LogP contribution is -2.16. The van der Waals surface area contributed by atoms with Crippen molar-refractivity contribution in [2.75, 3.05) is 18.1 Å². The van der Waals surface area contributed by atoms with Gasteiger partial charge in [-0.2, -0.15) is 0 Å². The van der Waals surface area contributed by atoms with Crippen LogP contribution in [0.15, 0.2) is 28.5 Å². The molecule has 4 rings (SSSR count).